The first-order chi connectivity index (χ1) is 12.2. The number of esters is 2. The molecule has 1 aromatic carbocycles. The van der Waals surface area contributed by atoms with Crippen LogP contribution in [-0.2, 0) is 22.3 Å². The molecule has 0 unspecified atom stereocenters. The molecule has 5 heteroatoms. The highest BCUT2D eigenvalue weighted by Crippen LogP contribution is 2.54. The molecule has 0 saturated heterocycles. The summed E-state index contributed by atoms with van der Waals surface area (Å²) in [7, 11) is -1.21. The normalized spacial score (nSPS) is 13.2. The lowest BCUT2D eigenvalue weighted by atomic mass is 9.92. The number of rotatable bonds is 5. The van der Waals surface area contributed by atoms with Gasteiger partial charge in [0.15, 0.2) is 0 Å². The van der Waals surface area contributed by atoms with E-state index in [2.05, 4.69) is 0 Å². The molecular formula is C20H23O4P. The van der Waals surface area contributed by atoms with E-state index < -0.39 is 7.53 Å². The molecule has 0 radical (unpaired) electrons. The van der Waals surface area contributed by atoms with Crippen LogP contribution in [0.25, 0.3) is 5.30 Å². The third-order valence-electron chi connectivity index (χ3n) is 4.44. The zero-order valence-electron chi connectivity index (χ0n) is 14.7. The van der Waals surface area contributed by atoms with Gasteiger partial charge in [-0.25, -0.2) is 9.59 Å². The first-order valence-electron chi connectivity index (χ1n) is 8.85. The molecule has 25 heavy (non-hydrogen) atoms. The van der Waals surface area contributed by atoms with Crippen LogP contribution in [0.2, 0.25) is 0 Å². The lowest BCUT2D eigenvalue weighted by molar-refractivity contribution is 0.0522. The fraction of sp³-hybridized carbons (Fsp3) is 0.400. The average molecular weight is 358 g/mol. The van der Waals surface area contributed by atoms with Gasteiger partial charge in [0.05, 0.1) is 23.8 Å². The minimum atomic E-state index is -1.21. The Bertz CT molecular complexity index is 731. The number of carbonyl (C=O) groups excluding carboxylic acids is 2. The van der Waals surface area contributed by atoms with Crippen LogP contribution < -0.4 is 0 Å². The number of benzene rings is 1. The van der Waals surface area contributed by atoms with Gasteiger partial charge in [-0.2, -0.15) is 0 Å². The summed E-state index contributed by atoms with van der Waals surface area (Å²) in [5.74, 6) is -0.572. The Kier molecular flexibility index (Phi) is 5.60. The summed E-state index contributed by atoms with van der Waals surface area (Å²) in [6, 6.07) is 9.81. The Labute approximate surface area is 149 Å². The van der Waals surface area contributed by atoms with Gasteiger partial charge in [-0.05, 0) is 56.0 Å². The topological polar surface area (TPSA) is 52.6 Å². The largest absolute Gasteiger partial charge is 0.462 e. The second kappa shape index (κ2) is 7.88. The third-order valence-corrected chi connectivity index (χ3v) is 7.05. The highest BCUT2D eigenvalue weighted by atomic mass is 31.1. The van der Waals surface area contributed by atoms with Crippen LogP contribution in [0.1, 0.15) is 58.0 Å². The van der Waals surface area contributed by atoms with Crippen LogP contribution in [0.15, 0.2) is 30.3 Å². The van der Waals surface area contributed by atoms with Gasteiger partial charge in [0.2, 0.25) is 0 Å². The van der Waals surface area contributed by atoms with Crippen LogP contribution in [0, 0.1) is 0 Å². The van der Waals surface area contributed by atoms with Crippen molar-refractivity contribution in [1.29, 1.82) is 0 Å². The zero-order chi connectivity index (χ0) is 17.8. The summed E-state index contributed by atoms with van der Waals surface area (Å²) in [4.78, 5) is 25.5. The van der Waals surface area contributed by atoms with Gasteiger partial charge in [-0.15, -0.1) is 0 Å². The average Bonchev–Trinajstić information content (AvgIpc) is 2.98. The van der Waals surface area contributed by atoms with Gasteiger partial charge in [-0.1, -0.05) is 37.9 Å². The van der Waals surface area contributed by atoms with E-state index in [1.165, 1.54) is 0 Å². The number of hydrogen-bond donors (Lipinski definition) is 0. The molecule has 0 spiro atoms. The third kappa shape index (κ3) is 3.36. The predicted octanol–water partition coefficient (Wildman–Crippen LogP) is 4.89. The summed E-state index contributed by atoms with van der Waals surface area (Å²) in [6.07, 6.45) is 3.74. The molecule has 0 aliphatic heterocycles. The Morgan fingerprint density at radius 1 is 0.880 bits per heavy atom. The Balaban J connectivity index is 2.29. The molecule has 1 aromatic heterocycles. The Morgan fingerprint density at radius 3 is 1.80 bits per heavy atom. The van der Waals surface area contributed by atoms with Gasteiger partial charge in [0, 0.05) is 0 Å². The highest BCUT2D eigenvalue weighted by Gasteiger charge is 2.33. The molecule has 1 heterocycles. The van der Waals surface area contributed by atoms with Crippen molar-refractivity contribution >= 4 is 19.5 Å². The minimum absolute atomic E-state index is 0.286. The molecule has 2 aromatic rings. The van der Waals surface area contributed by atoms with Crippen molar-refractivity contribution in [2.75, 3.05) is 13.2 Å². The van der Waals surface area contributed by atoms with Gasteiger partial charge >= 0.3 is 11.9 Å². The van der Waals surface area contributed by atoms with Crippen molar-refractivity contribution in [3.05, 3.63) is 52.0 Å². The molecule has 4 nitrogen and oxygen atoms in total. The second-order valence-electron chi connectivity index (χ2n) is 5.97. The van der Waals surface area contributed by atoms with Crippen LogP contribution in [0.4, 0.5) is 0 Å². The van der Waals surface area contributed by atoms with Crippen molar-refractivity contribution < 1.29 is 19.1 Å². The number of hydrogen-bond acceptors (Lipinski definition) is 4. The van der Waals surface area contributed by atoms with Crippen LogP contribution >= 0.6 is 7.53 Å². The van der Waals surface area contributed by atoms with E-state index in [-0.39, 0.29) is 11.9 Å². The fourth-order valence-corrected chi connectivity index (χ4v) is 6.21. The van der Waals surface area contributed by atoms with Crippen LogP contribution in [-0.4, -0.2) is 25.2 Å². The first-order valence-corrected chi connectivity index (χ1v) is 10.2. The lowest BCUT2D eigenvalue weighted by Gasteiger charge is -2.14. The Hall–Kier alpha value is -2.06. The molecular weight excluding hydrogens is 335 g/mol. The molecule has 0 fully saturated rings. The highest BCUT2D eigenvalue weighted by molar-refractivity contribution is 7.60. The van der Waals surface area contributed by atoms with E-state index in [9.17, 15) is 9.59 Å². The SMILES string of the molecule is CCOC(=O)c1c2c(c(C(=O)OCC)p1-c1ccccc1)CCCC2. The number of carbonyl (C=O) groups is 2. The number of ether oxygens (including phenoxy) is 2. The summed E-state index contributed by atoms with van der Waals surface area (Å²) in [5.41, 5.74) is 2.06. The van der Waals surface area contributed by atoms with Crippen molar-refractivity contribution in [2.45, 2.75) is 39.5 Å². The van der Waals surface area contributed by atoms with Gasteiger partial charge in [0.1, 0.15) is 0 Å². The van der Waals surface area contributed by atoms with Crippen molar-refractivity contribution in [3.63, 3.8) is 0 Å². The lowest BCUT2D eigenvalue weighted by Crippen LogP contribution is -2.10. The van der Waals surface area contributed by atoms with E-state index in [4.69, 9.17) is 9.47 Å². The monoisotopic (exact) mass is 358 g/mol. The summed E-state index contributed by atoms with van der Waals surface area (Å²) in [6.45, 7) is 4.28. The zero-order valence-corrected chi connectivity index (χ0v) is 15.6. The van der Waals surface area contributed by atoms with Crippen molar-refractivity contribution in [2.24, 2.45) is 0 Å². The molecule has 0 N–H and O–H groups in total. The smallest absolute Gasteiger partial charge is 0.342 e. The van der Waals surface area contributed by atoms with Gasteiger partial charge in [0.25, 0.3) is 0 Å². The van der Waals surface area contributed by atoms with E-state index in [1.807, 2.05) is 44.2 Å². The van der Waals surface area contributed by atoms with E-state index >= 15 is 0 Å². The summed E-state index contributed by atoms with van der Waals surface area (Å²) in [5, 5.41) is 2.39. The summed E-state index contributed by atoms with van der Waals surface area (Å²) < 4.78 is 10.7. The molecule has 0 saturated carbocycles. The maximum Gasteiger partial charge on any atom is 0.342 e. The molecule has 1 aliphatic carbocycles. The molecule has 132 valence electrons. The molecule has 0 amide bonds. The molecule has 0 bridgehead atoms. The van der Waals surface area contributed by atoms with Crippen LogP contribution in [0.5, 0.6) is 0 Å². The second-order valence-corrected chi connectivity index (χ2v) is 8.05. The molecule has 3 rings (SSSR count). The van der Waals surface area contributed by atoms with E-state index in [0.717, 1.165) is 42.1 Å². The van der Waals surface area contributed by atoms with E-state index in [1.54, 1.807) is 0 Å². The maximum absolute atomic E-state index is 12.8. The summed E-state index contributed by atoms with van der Waals surface area (Å²) >= 11 is 0. The van der Waals surface area contributed by atoms with Crippen molar-refractivity contribution in [1.82, 2.24) is 0 Å². The van der Waals surface area contributed by atoms with Crippen LogP contribution in [0.3, 0.4) is 0 Å². The van der Waals surface area contributed by atoms with Crippen molar-refractivity contribution in [3.8, 4) is 5.30 Å². The fourth-order valence-electron chi connectivity index (χ4n) is 3.47. The van der Waals surface area contributed by atoms with Gasteiger partial charge < -0.3 is 9.47 Å². The number of fused-ring (bicyclic) bond motifs is 1. The quantitative estimate of drug-likeness (QED) is 0.714. The minimum Gasteiger partial charge on any atom is -0.462 e. The molecule has 0 atom stereocenters. The van der Waals surface area contributed by atoms with E-state index in [0.29, 0.717) is 23.8 Å². The molecule has 1 aliphatic rings. The predicted molar refractivity (Wildman–Crippen MR) is 99.0 cm³/mol. The maximum atomic E-state index is 12.8. The Morgan fingerprint density at radius 2 is 1.36 bits per heavy atom. The van der Waals surface area contributed by atoms with Gasteiger partial charge in [-0.3, -0.25) is 0 Å². The first kappa shape index (κ1) is 17.8. The standard InChI is InChI=1S/C20H23O4P/c1-3-23-19(21)17-15-12-8-9-13-16(15)18(20(22)24-4-2)25(17)14-10-6-5-7-11-14/h5-7,10-11H,3-4,8-9,12-13H2,1-2H3.